The summed E-state index contributed by atoms with van der Waals surface area (Å²) in [6.07, 6.45) is 7.51. The van der Waals surface area contributed by atoms with Gasteiger partial charge in [-0.15, -0.1) is 0 Å². The maximum atomic E-state index is 12.9. The summed E-state index contributed by atoms with van der Waals surface area (Å²) in [6, 6.07) is 22.5. The van der Waals surface area contributed by atoms with Crippen molar-refractivity contribution in [2.75, 3.05) is 46.4 Å². The number of fused-ring (bicyclic) bond motifs is 1. The Morgan fingerprint density at radius 3 is 2.59 bits per heavy atom. The highest BCUT2D eigenvalue weighted by Gasteiger charge is 2.44. The summed E-state index contributed by atoms with van der Waals surface area (Å²) in [5.74, 6) is -0.336. The molecular formula is C31H35N3O3. The zero-order valence-corrected chi connectivity index (χ0v) is 21.5. The molecule has 6 nitrogen and oxygen atoms in total. The molecule has 2 aromatic carbocycles. The Hall–Kier alpha value is -3.32. The number of rotatable bonds is 8. The van der Waals surface area contributed by atoms with Gasteiger partial charge in [0.05, 0.1) is 19.4 Å². The number of pyridine rings is 1. The van der Waals surface area contributed by atoms with E-state index in [1.54, 1.807) is 0 Å². The van der Waals surface area contributed by atoms with Gasteiger partial charge >= 0.3 is 5.97 Å². The van der Waals surface area contributed by atoms with E-state index in [0.29, 0.717) is 13.0 Å². The van der Waals surface area contributed by atoms with Gasteiger partial charge in [0, 0.05) is 49.9 Å². The molecule has 1 aliphatic carbocycles. The van der Waals surface area contributed by atoms with E-state index in [2.05, 4.69) is 51.2 Å². The van der Waals surface area contributed by atoms with Crippen LogP contribution in [0.15, 0.2) is 79.0 Å². The molecule has 0 radical (unpaired) electrons. The normalized spacial score (nSPS) is 20.2. The van der Waals surface area contributed by atoms with E-state index in [4.69, 9.17) is 9.47 Å². The minimum absolute atomic E-state index is 0.336. The van der Waals surface area contributed by atoms with Crippen molar-refractivity contribution in [3.8, 4) is 11.3 Å². The molecule has 2 aliphatic rings. The first-order chi connectivity index (χ1) is 18.2. The van der Waals surface area contributed by atoms with Crippen molar-refractivity contribution in [2.24, 2.45) is 0 Å². The van der Waals surface area contributed by atoms with E-state index < -0.39 is 5.60 Å². The van der Waals surface area contributed by atoms with Gasteiger partial charge in [-0.25, -0.2) is 4.79 Å². The highest BCUT2D eigenvalue weighted by molar-refractivity contribution is 5.84. The number of hydrogen-bond acceptors (Lipinski definition) is 6. The van der Waals surface area contributed by atoms with Gasteiger partial charge in [-0.3, -0.25) is 14.8 Å². The van der Waals surface area contributed by atoms with Gasteiger partial charge in [0.1, 0.15) is 0 Å². The Labute approximate surface area is 219 Å². The molecule has 2 heterocycles. The Balaban J connectivity index is 1.19. The van der Waals surface area contributed by atoms with Gasteiger partial charge < -0.3 is 9.47 Å². The summed E-state index contributed by atoms with van der Waals surface area (Å²) in [5.41, 5.74) is 4.30. The molecule has 5 rings (SSSR count). The second-order valence-electron chi connectivity index (χ2n) is 9.71. The lowest BCUT2D eigenvalue weighted by Crippen LogP contribution is -2.43. The summed E-state index contributed by atoms with van der Waals surface area (Å²) < 4.78 is 11.6. The molecular weight excluding hydrogens is 462 g/mol. The average Bonchev–Trinajstić information content (AvgIpc) is 3.18. The van der Waals surface area contributed by atoms with Gasteiger partial charge in [-0.05, 0) is 36.7 Å². The molecule has 1 unspecified atom stereocenters. The maximum Gasteiger partial charge on any atom is 0.343 e. The standard InChI is InChI=1S/C31H35N3O3/c1-36-30(35)31(16-7-13-25-10-5-6-15-28(25)31)37-23-22-33-18-9-19-34(21-20-33)24-27-14-8-17-32-29(27)26-11-3-2-4-12-26/h2-8,10-15,17H,9,16,18-24H2,1H3. The fourth-order valence-corrected chi connectivity index (χ4v) is 5.44. The number of hydrogen-bond donors (Lipinski definition) is 0. The van der Waals surface area contributed by atoms with Crippen LogP contribution in [0.25, 0.3) is 17.3 Å². The second kappa shape index (κ2) is 11.8. The van der Waals surface area contributed by atoms with Crippen LogP contribution in [0.2, 0.25) is 0 Å². The van der Waals surface area contributed by atoms with Crippen molar-refractivity contribution >= 4 is 12.0 Å². The third-order valence-electron chi connectivity index (χ3n) is 7.38. The molecule has 6 heteroatoms. The SMILES string of the molecule is COC(=O)C1(OCCN2CCCN(Cc3cccnc3-c3ccccc3)CC2)CC=Cc2ccccc21. The number of ether oxygens (including phenoxy) is 2. The first kappa shape index (κ1) is 25.3. The zero-order chi connectivity index (χ0) is 25.5. The smallest absolute Gasteiger partial charge is 0.343 e. The average molecular weight is 498 g/mol. The number of aromatic nitrogens is 1. The summed E-state index contributed by atoms with van der Waals surface area (Å²) in [6.45, 7) is 6.14. The monoisotopic (exact) mass is 497 g/mol. The molecule has 0 amide bonds. The lowest BCUT2D eigenvalue weighted by molar-refractivity contribution is -0.172. The van der Waals surface area contributed by atoms with Gasteiger partial charge in [0.25, 0.3) is 0 Å². The molecule has 0 bridgehead atoms. The molecule has 1 saturated heterocycles. The quantitative estimate of drug-likeness (QED) is 0.419. The zero-order valence-electron chi connectivity index (χ0n) is 21.5. The first-order valence-corrected chi connectivity index (χ1v) is 13.1. The molecule has 37 heavy (non-hydrogen) atoms. The van der Waals surface area contributed by atoms with Crippen molar-refractivity contribution < 1.29 is 14.3 Å². The van der Waals surface area contributed by atoms with E-state index in [9.17, 15) is 4.79 Å². The fraction of sp³-hybridized carbons (Fsp3) is 0.355. The molecule has 0 N–H and O–H groups in total. The van der Waals surface area contributed by atoms with Gasteiger partial charge in [-0.1, -0.05) is 72.8 Å². The predicted octanol–water partition coefficient (Wildman–Crippen LogP) is 4.76. The van der Waals surface area contributed by atoms with E-state index in [1.807, 2.05) is 48.7 Å². The van der Waals surface area contributed by atoms with Crippen molar-refractivity contribution in [3.63, 3.8) is 0 Å². The van der Waals surface area contributed by atoms with Crippen LogP contribution >= 0.6 is 0 Å². The van der Waals surface area contributed by atoms with Gasteiger partial charge in [0.2, 0.25) is 0 Å². The summed E-state index contributed by atoms with van der Waals surface area (Å²) in [4.78, 5) is 22.6. The number of carbonyl (C=O) groups excluding carboxylic acids is 1. The van der Waals surface area contributed by atoms with Crippen LogP contribution in [0, 0.1) is 0 Å². The number of methoxy groups -OCH3 is 1. The lowest BCUT2D eigenvalue weighted by Gasteiger charge is -2.34. The molecule has 3 aromatic rings. The van der Waals surface area contributed by atoms with Gasteiger partial charge in [-0.2, -0.15) is 0 Å². The van der Waals surface area contributed by atoms with Gasteiger partial charge in [0.15, 0.2) is 5.60 Å². The summed E-state index contributed by atoms with van der Waals surface area (Å²) >= 11 is 0. The van der Waals surface area contributed by atoms with Crippen molar-refractivity contribution in [2.45, 2.75) is 25.0 Å². The molecule has 1 aliphatic heterocycles. The number of esters is 1. The summed E-state index contributed by atoms with van der Waals surface area (Å²) in [5, 5.41) is 0. The Morgan fingerprint density at radius 2 is 1.73 bits per heavy atom. The third kappa shape index (κ3) is 5.67. The Kier molecular flexibility index (Phi) is 8.09. The first-order valence-electron chi connectivity index (χ1n) is 13.1. The maximum absolute atomic E-state index is 12.9. The highest BCUT2D eigenvalue weighted by atomic mass is 16.6. The molecule has 0 saturated carbocycles. The fourth-order valence-electron chi connectivity index (χ4n) is 5.44. The molecule has 0 spiro atoms. The van der Waals surface area contributed by atoms with E-state index in [1.165, 1.54) is 12.7 Å². The minimum Gasteiger partial charge on any atom is -0.467 e. The Bertz CT molecular complexity index is 1230. The van der Waals surface area contributed by atoms with Crippen LogP contribution in [0.5, 0.6) is 0 Å². The molecule has 1 atom stereocenters. The van der Waals surface area contributed by atoms with Crippen LogP contribution in [0.4, 0.5) is 0 Å². The second-order valence-corrected chi connectivity index (χ2v) is 9.71. The summed E-state index contributed by atoms with van der Waals surface area (Å²) in [7, 11) is 1.43. The lowest BCUT2D eigenvalue weighted by atomic mass is 9.82. The van der Waals surface area contributed by atoms with E-state index in [0.717, 1.165) is 68.1 Å². The number of nitrogens with zero attached hydrogens (tertiary/aromatic N) is 3. The minimum atomic E-state index is -1.08. The van der Waals surface area contributed by atoms with Crippen LogP contribution in [0.1, 0.15) is 29.5 Å². The van der Waals surface area contributed by atoms with Crippen molar-refractivity contribution in [3.05, 3.63) is 95.7 Å². The van der Waals surface area contributed by atoms with Crippen LogP contribution < -0.4 is 0 Å². The van der Waals surface area contributed by atoms with E-state index in [-0.39, 0.29) is 5.97 Å². The third-order valence-corrected chi connectivity index (χ3v) is 7.38. The molecule has 1 aromatic heterocycles. The van der Waals surface area contributed by atoms with Crippen LogP contribution in [-0.2, 0) is 26.4 Å². The molecule has 192 valence electrons. The number of benzene rings is 2. The topological polar surface area (TPSA) is 54.9 Å². The number of carbonyl (C=O) groups is 1. The van der Waals surface area contributed by atoms with Crippen molar-refractivity contribution in [1.29, 1.82) is 0 Å². The van der Waals surface area contributed by atoms with Crippen LogP contribution in [-0.4, -0.2) is 67.2 Å². The predicted molar refractivity (Wildman–Crippen MR) is 146 cm³/mol. The largest absolute Gasteiger partial charge is 0.467 e. The molecule has 1 fully saturated rings. The van der Waals surface area contributed by atoms with Crippen LogP contribution in [0.3, 0.4) is 0 Å². The Morgan fingerprint density at radius 1 is 0.946 bits per heavy atom. The van der Waals surface area contributed by atoms with E-state index >= 15 is 0 Å². The highest BCUT2D eigenvalue weighted by Crippen LogP contribution is 2.38. The van der Waals surface area contributed by atoms with Crippen molar-refractivity contribution in [1.82, 2.24) is 14.8 Å².